The van der Waals surface area contributed by atoms with Crippen molar-refractivity contribution in [2.24, 2.45) is 0 Å². The maximum Gasteiger partial charge on any atom is 0.467 e. The van der Waals surface area contributed by atoms with Crippen molar-refractivity contribution in [1.82, 2.24) is 34.6 Å². The molecule has 34 heteroatoms. The van der Waals surface area contributed by atoms with Crippen LogP contribution in [0.15, 0.2) is 121 Å². The van der Waals surface area contributed by atoms with Gasteiger partial charge in [-0.25, -0.2) is 23.8 Å². The number of hydrogen-bond donors (Lipinski definition) is 9. The van der Waals surface area contributed by atoms with E-state index in [0.717, 1.165) is 47.5 Å². The number of benzene rings is 2. The molecule has 2 aromatic carbocycles. The third kappa shape index (κ3) is 20.1. The fourth-order valence-corrected chi connectivity index (χ4v) is 10.9. The summed E-state index contributed by atoms with van der Waals surface area (Å²) in [7, 11) is -4.48. The van der Waals surface area contributed by atoms with Crippen LogP contribution in [0, 0.1) is 5.82 Å². The van der Waals surface area contributed by atoms with Crippen LogP contribution in [-0.2, 0) is 21.9 Å². The molecule has 4 aromatic heterocycles. The predicted molar refractivity (Wildman–Crippen MR) is 341 cm³/mol. The second-order valence-corrected chi connectivity index (χ2v) is 24.7. The second-order valence-electron chi connectivity index (χ2n) is 21.6. The maximum atomic E-state index is 14.4. The molecule has 6 amide bonds. The van der Waals surface area contributed by atoms with E-state index in [-0.39, 0.29) is 67.0 Å². The van der Waals surface area contributed by atoms with Crippen LogP contribution >= 0.6 is 23.2 Å². The molecule has 9 rings (SSSR count). The van der Waals surface area contributed by atoms with Crippen molar-refractivity contribution in [3.8, 4) is 5.75 Å². The Morgan fingerprint density at radius 3 is 1.40 bits per heavy atom. The first-order valence-electron chi connectivity index (χ1n) is 29.3. The lowest BCUT2D eigenvalue weighted by Gasteiger charge is -2.27. The Morgan fingerprint density at radius 1 is 0.588 bits per heavy atom. The number of anilines is 3. The van der Waals surface area contributed by atoms with Crippen LogP contribution in [0.3, 0.4) is 0 Å². The van der Waals surface area contributed by atoms with Crippen LogP contribution in [0.2, 0.25) is 10.0 Å². The lowest BCUT2D eigenvalue weighted by atomic mass is 10.0. The number of carbonyl (C=O) groups excluding carboxylic acids is 3. The van der Waals surface area contributed by atoms with Crippen LogP contribution in [0.5, 0.6) is 5.75 Å². The van der Waals surface area contributed by atoms with Gasteiger partial charge in [-0.15, -0.1) is 0 Å². The Morgan fingerprint density at radius 2 is 1.02 bits per heavy atom. The zero-order valence-electron chi connectivity index (χ0n) is 51.1. The Balaban J connectivity index is 0.000000205. The maximum absolute atomic E-state index is 14.4. The lowest BCUT2D eigenvalue weighted by Crippen LogP contribution is -2.38. The van der Waals surface area contributed by atoms with Gasteiger partial charge >= 0.3 is 36.0 Å². The summed E-state index contributed by atoms with van der Waals surface area (Å²) in [4.78, 5) is 57.5. The van der Waals surface area contributed by atoms with E-state index in [1.54, 1.807) is 25.2 Å². The largest absolute Gasteiger partial charge is 0.493 e. The van der Waals surface area contributed by atoms with Gasteiger partial charge in [0.15, 0.2) is 0 Å². The number of alkyl halides is 9. The third-order valence-corrected chi connectivity index (χ3v) is 17.2. The van der Waals surface area contributed by atoms with Gasteiger partial charge in [0.1, 0.15) is 41.4 Å². The highest BCUT2D eigenvalue weighted by Gasteiger charge is 2.41. The standard InChI is InChI=1S/C23H25ClF3N3O4.C21H21F4N3O4S.C19H18ClF3N4O3/c1-2-9-34-20-11-16(3-4-17(20)23(25,26)27)29-22(33)30-7-5-14(6-8-30)21-18(24)10-15(12-28-21)19(32)13-31;1-33(32,21(23,24)25)16-4-2-15(3-5-16)27-20(31)28-8-6-13(7-9-28)19-17(22)10-14(11-26-19)18(30)12-29;20-14-7-12(15(29)10-28)8-25-17(14)11-3-5-27(6-4-11)18(30)26-16-2-1-13(9-24-16)19(21,22)23/h3-5,10-12,19,31-32H,2,6-9,13H2,1H3,(H,29,33);2-6,10-11,18,29-30H,1,7-9,12H2,(H,27,31);1-3,7-9,15,28-29H,4-6,10H2,(H,24,26,30)/t19-;18-,33?;15-/m111/s1. The van der Waals surface area contributed by atoms with E-state index < -0.39 is 105 Å². The Hall–Kier alpha value is -8.47. The summed E-state index contributed by atoms with van der Waals surface area (Å²) in [6.07, 6.45) is -0.680. The average molecular weight is 1430 g/mol. The summed E-state index contributed by atoms with van der Waals surface area (Å²) in [5.74, 6) is 1.80. The highest BCUT2D eigenvalue weighted by atomic mass is 35.5. The first-order valence-corrected chi connectivity index (χ1v) is 31.7. The number of aliphatic hydroxyl groups excluding tert-OH is 6. The molecule has 0 bridgehead atoms. The molecule has 9 N–H and O–H groups in total. The van der Waals surface area contributed by atoms with Gasteiger partial charge < -0.3 is 60.7 Å². The molecule has 522 valence electrons. The van der Waals surface area contributed by atoms with Crippen LogP contribution < -0.4 is 20.7 Å². The highest BCUT2D eigenvalue weighted by molar-refractivity contribution is 8.01. The van der Waals surface area contributed by atoms with E-state index >= 15 is 0 Å². The number of pyridine rings is 4. The fraction of sp³-hybridized carbons (Fsp3) is 0.333. The molecule has 6 aromatic rings. The molecular formula is C63H64Cl2F10N10O11S. The van der Waals surface area contributed by atoms with Crippen molar-refractivity contribution in [2.75, 3.05) is 81.6 Å². The molecule has 0 fully saturated rings. The quantitative estimate of drug-likeness (QED) is 0.0321. The SMILES string of the molecule is C=S(=O)(c1ccc(NC(=O)N2CC=C(c3ncc([C@H](O)CO)cc3F)CC2)cc1)C(F)(F)F.CCCOc1cc(NC(=O)N2CC=C(c3ncc([C@H](O)CO)cc3Cl)CC2)ccc1C(F)(F)F.O=C(Nc1ccc(C(F)(F)F)cn1)N1CC=C(c2ncc([C@H](O)CO)cc2Cl)CC1. The van der Waals surface area contributed by atoms with Gasteiger partial charge in [-0.2, -0.15) is 39.5 Å². The van der Waals surface area contributed by atoms with Gasteiger partial charge in [0.05, 0.1) is 68.5 Å². The zero-order chi connectivity index (χ0) is 71.2. The third-order valence-electron chi connectivity index (χ3n) is 14.8. The van der Waals surface area contributed by atoms with Crippen LogP contribution in [0.4, 0.5) is 75.5 Å². The van der Waals surface area contributed by atoms with Crippen molar-refractivity contribution in [3.05, 3.63) is 177 Å². The van der Waals surface area contributed by atoms with Crippen molar-refractivity contribution in [3.63, 3.8) is 0 Å². The molecule has 0 saturated heterocycles. The smallest absolute Gasteiger partial charge is 0.467 e. The number of hydrogen-bond acceptors (Lipinski definition) is 15. The molecule has 97 heavy (non-hydrogen) atoms. The molecule has 1 unspecified atom stereocenters. The number of ether oxygens (including phenoxy) is 1. The number of nitrogens with one attached hydrogen (secondary N) is 3. The molecule has 3 aliphatic rings. The minimum absolute atomic E-state index is 0.0190. The van der Waals surface area contributed by atoms with E-state index in [9.17, 15) is 77.8 Å². The van der Waals surface area contributed by atoms with E-state index in [1.807, 2.05) is 0 Å². The normalized spacial score (nSPS) is 15.9. The zero-order valence-corrected chi connectivity index (χ0v) is 53.4. The van der Waals surface area contributed by atoms with Crippen LogP contribution in [-0.4, -0.2) is 165 Å². The minimum Gasteiger partial charge on any atom is -0.493 e. The van der Waals surface area contributed by atoms with Gasteiger partial charge in [-0.1, -0.05) is 48.4 Å². The number of carbonyl (C=O) groups is 3. The molecule has 4 atom stereocenters. The second kappa shape index (κ2) is 33.2. The van der Waals surface area contributed by atoms with Gasteiger partial charge in [-0.05, 0) is 115 Å². The molecule has 0 spiro atoms. The van der Waals surface area contributed by atoms with Crippen molar-refractivity contribution in [2.45, 2.75) is 73.7 Å². The Kier molecular flexibility index (Phi) is 26.0. The average Bonchev–Trinajstić information content (AvgIpc) is 0.833. The topological polar surface area (TPSA) is 296 Å². The molecule has 3 aliphatic heterocycles. The summed E-state index contributed by atoms with van der Waals surface area (Å²) in [6, 6.07) is 12.3. The van der Waals surface area contributed by atoms with Crippen LogP contribution in [0.1, 0.15) is 95.8 Å². The molecule has 21 nitrogen and oxygen atoms in total. The monoisotopic (exact) mass is 1430 g/mol. The van der Waals surface area contributed by atoms with E-state index in [1.165, 1.54) is 69.7 Å². The first-order chi connectivity index (χ1) is 45.8. The predicted octanol–water partition coefficient (Wildman–Crippen LogP) is 11.5. The van der Waals surface area contributed by atoms with Gasteiger partial charge in [0.25, 0.3) is 0 Å². The molecular weight excluding hydrogens is 1370 g/mol. The molecule has 7 heterocycles. The van der Waals surface area contributed by atoms with Crippen molar-refractivity contribution in [1.29, 1.82) is 0 Å². The number of aliphatic hydroxyl groups is 6. The molecule has 0 saturated carbocycles. The number of halogens is 12. The number of amides is 6. The Labute approximate surface area is 558 Å². The van der Waals surface area contributed by atoms with Gasteiger partial charge in [0, 0.05) is 103 Å². The first kappa shape index (κ1) is 75.9. The number of urea groups is 3. The summed E-state index contributed by atoms with van der Waals surface area (Å²) >= 11 is 12.5. The van der Waals surface area contributed by atoms with E-state index in [4.69, 9.17) is 43.3 Å². The lowest BCUT2D eigenvalue weighted by molar-refractivity contribution is -0.139. The fourth-order valence-electron chi connectivity index (χ4n) is 9.42. The number of aromatic nitrogens is 4. The van der Waals surface area contributed by atoms with Crippen molar-refractivity contribution < 1.29 is 97.9 Å². The minimum atomic E-state index is -4.98. The molecule has 0 aliphatic carbocycles. The van der Waals surface area contributed by atoms with Crippen molar-refractivity contribution >= 4 is 90.6 Å². The Bertz CT molecular complexity index is 3980. The van der Waals surface area contributed by atoms with Gasteiger partial charge in [0.2, 0.25) is 0 Å². The van der Waals surface area contributed by atoms with E-state index in [0.29, 0.717) is 83.1 Å². The summed E-state index contributed by atoms with van der Waals surface area (Å²) in [6.45, 7) is 2.01. The van der Waals surface area contributed by atoms with E-state index in [2.05, 4.69) is 41.8 Å². The van der Waals surface area contributed by atoms with Crippen LogP contribution in [0.25, 0.3) is 16.7 Å². The molecule has 0 radical (unpaired) electrons. The highest BCUT2D eigenvalue weighted by Crippen LogP contribution is 2.39. The number of rotatable bonds is 16. The number of nitrogens with zero attached hydrogens (tertiary/aromatic N) is 7. The van der Waals surface area contributed by atoms with Gasteiger partial charge in [-0.3, -0.25) is 24.5 Å². The summed E-state index contributed by atoms with van der Waals surface area (Å²) in [5.41, 5.74) is -2.08. The summed E-state index contributed by atoms with van der Waals surface area (Å²) < 4.78 is 147. The summed E-state index contributed by atoms with van der Waals surface area (Å²) in [5, 5.41) is 64.2.